The van der Waals surface area contributed by atoms with Gasteiger partial charge in [0.2, 0.25) is 0 Å². The summed E-state index contributed by atoms with van der Waals surface area (Å²) < 4.78 is 22.9. The van der Waals surface area contributed by atoms with Gasteiger partial charge in [0.05, 0.1) is 4.90 Å². The number of nitrogens with one attached hydrogen (secondary N) is 1. The van der Waals surface area contributed by atoms with Crippen LogP contribution in [0.3, 0.4) is 0 Å². The number of hydrogen-bond acceptors (Lipinski definition) is 5. The zero-order chi connectivity index (χ0) is 17.2. The maximum absolute atomic E-state index is 12.3. The second-order valence-corrected chi connectivity index (χ2v) is 8.03. The van der Waals surface area contributed by atoms with Gasteiger partial charge in [-0.3, -0.25) is 4.79 Å². The molecular weight excluding hydrogens is 344 g/mol. The Labute approximate surface area is 143 Å². The minimum absolute atomic E-state index is 0.209. The summed E-state index contributed by atoms with van der Waals surface area (Å²) in [5.74, 6) is -0.333. The Morgan fingerprint density at radius 1 is 1.04 bits per heavy atom. The number of hydrogen-bond donors (Lipinski definition) is 1. The highest BCUT2D eigenvalue weighted by Crippen LogP contribution is 2.24. The number of aromatic nitrogens is 1. The van der Waals surface area contributed by atoms with Gasteiger partial charge in [0.1, 0.15) is 10.7 Å². The molecule has 0 aliphatic rings. The van der Waals surface area contributed by atoms with Crippen LogP contribution in [0.4, 0.5) is 5.69 Å². The molecule has 0 aliphatic carbocycles. The van der Waals surface area contributed by atoms with E-state index in [1.54, 1.807) is 17.5 Å². The number of carbonyl (C=O) groups is 1. The van der Waals surface area contributed by atoms with Crippen molar-refractivity contribution in [3.63, 3.8) is 0 Å². The molecule has 3 rings (SSSR count). The summed E-state index contributed by atoms with van der Waals surface area (Å²) in [5.41, 5.74) is 1.80. The Kier molecular flexibility index (Phi) is 4.46. The lowest BCUT2D eigenvalue weighted by atomic mass is 10.2. The molecule has 5 nitrogen and oxygen atoms in total. The van der Waals surface area contributed by atoms with Gasteiger partial charge in [-0.1, -0.05) is 30.3 Å². The topological polar surface area (TPSA) is 76.1 Å². The van der Waals surface area contributed by atoms with Crippen molar-refractivity contribution < 1.29 is 13.2 Å². The summed E-state index contributed by atoms with van der Waals surface area (Å²) in [6.45, 7) is 0. The van der Waals surface area contributed by atoms with E-state index in [1.165, 1.54) is 23.5 Å². The first kappa shape index (κ1) is 16.4. The van der Waals surface area contributed by atoms with Crippen LogP contribution in [-0.2, 0) is 9.84 Å². The first-order valence-corrected chi connectivity index (χ1v) is 9.83. The molecule has 7 heteroatoms. The molecular formula is C17H14N2O3S2. The molecule has 0 radical (unpaired) electrons. The van der Waals surface area contributed by atoms with E-state index in [-0.39, 0.29) is 10.8 Å². The van der Waals surface area contributed by atoms with Gasteiger partial charge in [0, 0.05) is 22.9 Å². The third-order valence-corrected chi connectivity index (χ3v) is 5.32. The largest absolute Gasteiger partial charge is 0.321 e. The van der Waals surface area contributed by atoms with E-state index in [2.05, 4.69) is 10.3 Å². The average molecular weight is 358 g/mol. The van der Waals surface area contributed by atoms with Crippen LogP contribution in [0.2, 0.25) is 0 Å². The van der Waals surface area contributed by atoms with Gasteiger partial charge in [-0.2, -0.15) is 0 Å². The van der Waals surface area contributed by atoms with Crippen LogP contribution in [0.1, 0.15) is 10.5 Å². The quantitative estimate of drug-likeness (QED) is 0.775. The molecule has 1 aromatic heterocycles. The van der Waals surface area contributed by atoms with Crippen molar-refractivity contribution in [2.75, 3.05) is 11.6 Å². The number of thiazole rings is 1. The number of carbonyl (C=O) groups excluding carboxylic acids is 1. The number of anilines is 1. The lowest BCUT2D eigenvalue weighted by Gasteiger charge is -2.04. The second kappa shape index (κ2) is 6.54. The molecule has 0 aliphatic heterocycles. The summed E-state index contributed by atoms with van der Waals surface area (Å²) in [6.07, 6.45) is 1.14. The SMILES string of the molecule is CS(=O)(=O)c1ccc(NC(=O)c2csc(-c3ccccc3)n2)cc1. The van der Waals surface area contributed by atoms with Gasteiger partial charge in [-0.05, 0) is 24.3 Å². The number of rotatable bonds is 4. The fourth-order valence-electron chi connectivity index (χ4n) is 2.07. The maximum atomic E-state index is 12.3. The van der Waals surface area contributed by atoms with Gasteiger partial charge in [-0.25, -0.2) is 13.4 Å². The van der Waals surface area contributed by atoms with Crippen molar-refractivity contribution in [3.05, 3.63) is 65.7 Å². The van der Waals surface area contributed by atoms with E-state index in [4.69, 9.17) is 0 Å². The monoisotopic (exact) mass is 358 g/mol. The van der Waals surface area contributed by atoms with Crippen LogP contribution in [0.25, 0.3) is 10.6 Å². The molecule has 0 unspecified atom stereocenters. The Morgan fingerprint density at radius 3 is 2.33 bits per heavy atom. The molecule has 0 atom stereocenters. The Morgan fingerprint density at radius 2 is 1.71 bits per heavy atom. The normalized spacial score (nSPS) is 11.2. The van der Waals surface area contributed by atoms with Crippen LogP contribution < -0.4 is 5.32 Å². The van der Waals surface area contributed by atoms with Crippen molar-refractivity contribution >= 4 is 32.8 Å². The number of benzene rings is 2. The third-order valence-electron chi connectivity index (χ3n) is 3.30. The van der Waals surface area contributed by atoms with Crippen LogP contribution in [-0.4, -0.2) is 25.6 Å². The molecule has 3 aromatic rings. The molecule has 0 spiro atoms. The van der Waals surface area contributed by atoms with Gasteiger partial charge in [-0.15, -0.1) is 11.3 Å². The highest BCUT2D eigenvalue weighted by molar-refractivity contribution is 7.90. The highest BCUT2D eigenvalue weighted by atomic mass is 32.2. The van der Waals surface area contributed by atoms with Gasteiger partial charge >= 0.3 is 0 Å². The van der Waals surface area contributed by atoms with Gasteiger partial charge in [0.25, 0.3) is 5.91 Å². The van der Waals surface area contributed by atoms with E-state index < -0.39 is 9.84 Å². The van der Waals surface area contributed by atoms with Crippen molar-refractivity contribution in [2.45, 2.75) is 4.90 Å². The zero-order valence-corrected chi connectivity index (χ0v) is 14.4. The van der Waals surface area contributed by atoms with Crippen LogP contribution in [0.15, 0.2) is 64.9 Å². The maximum Gasteiger partial charge on any atom is 0.275 e. The van der Waals surface area contributed by atoms with Gasteiger partial charge < -0.3 is 5.32 Å². The third kappa shape index (κ3) is 3.69. The van der Waals surface area contributed by atoms with Crippen LogP contribution in [0.5, 0.6) is 0 Å². The van der Waals surface area contributed by atoms with Gasteiger partial charge in [0.15, 0.2) is 9.84 Å². The second-order valence-electron chi connectivity index (χ2n) is 5.15. The Bertz CT molecular complexity index is 963. The summed E-state index contributed by atoms with van der Waals surface area (Å²) in [7, 11) is -3.25. The lowest BCUT2D eigenvalue weighted by Crippen LogP contribution is -2.12. The fourth-order valence-corrected chi connectivity index (χ4v) is 3.51. The van der Waals surface area contributed by atoms with Crippen molar-refractivity contribution in [1.29, 1.82) is 0 Å². The molecule has 1 amide bonds. The predicted octanol–water partition coefficient (Wildman–Crippen LogP) is 3.47. The highest BCUT2D eigenvalue weighted by Gasteiger charge is 2.13. The smallest absolute Gasteiger partial charge is 0.275 e. The van der Waals surface area contributed by atoms with Crippen molar-refractivity contribution in [2.24, 2.45) is 0 Å². The zero-order valence-electron chi connectivity index (χ0n) is 12.8. The van der Waals surface area contributed by atoms with E-state index in [1.807, 2.05) is 30.3 Å². The minimum atomic E-state index is -3.25. The van der Waals surface area contributed by atoms with E-state index in [9.17, 15) is 13.2 Å². The predicted molar refractivity (Wildman–Crippen MR) is 95.1 cm³/mol. The minimum Gasteiger partial charge on any atom is -0.321 e. The number of nitrogens with zero attached hydrogens (tertiary/aromatic N) is 1. The summed E-state index contributed by atoms with van der Waals surface area (Å²) >= 11 is 1.40. The van der Waals surface area contributed by atoms with Crippen molar-refractivity contribution in [3.8, 4) is 10.6 Å². The lowest BCUT2D eigenvalue weighted by molar-refractivity contribution is 0.102. The van der Waals surface area contributed by atoms with E-state index in [0.717, 1.165) is 16.8 Å². The molecule has 1 N–H and O–H groups in total. The summed E-state index contributed by atoms with van der Waals surface area (Å²) in [6, 6.07) is 15.7. The van der Waals surface area contributed by atoms with Crippen LogP contribution >= 0.6 is 11.3 Å². The number of amides is 1. The Hall–Kier alpha value is -2.51. The van der Waals surface area contributed by atoms with Crippen molar-refractivity contribution in [1.82, 2.24) is 4.98 Å². The molecule has 1 heterocycles. The Balaban J connectivity index is 1.75. The van der Waals surface area contributed by atoms with E-state index in [0.29, 0.717) is 11.4 Å². The molecule has 2 aromatic carbocycles. The first-order chi connectivity index (χ1) is 11.4. The molecule has 0 saturated carbocycles. The fraction of sp³-hybridized carbons (Fsp3) is 0.0588. The summed E-state index contributed by atoms with van der Waals surface area (Å²) in [5, 5.41) is 5.18. The first-order valence-electron chi connectivity index (χ1n) is 7.06. The molecule has 24 heavy (non-hydrogen) atoms. The average Bonchev–Trinajstić information content (AvgIpc) is 3.05. The van der Waals surface area contributed by atoms with E-state index >= 15 is 0 Å². The molecule has 0 bridgehead atoms. The molecule has 122 valence electrons. The van der Waals surface area contributed by atoms with Crippen LogP contribution in [0, 0.1) is 0 Å². The number of sulfone groups is 1. The standard InChI is InChI=1S/C17H14N2O3S2/c1-24(21,22)14-9-7-13(8-10-14)18-16(20)15-11-23-17(19-15)12-5-3-2-4-6-12/h2-11H,1H3,(H,18,20). The molecule has 0 fully saturated rings. The summed E-state index contributed by atoms with van der Waals surface area (Å²) in [4.78, 5) is 16.8. The molecule has 0 saturated heterocycles.